The van der Waals surface area contributed by atoms with Crippen LogP contribution in [0.4, 0.5) is 4.39 Å². The Morgan fingerprint density at radius 2 is 1.97 bits per heavy atom. The maximum Gasteiger partial charge on any atom is 0.255 e. The van der Waals surface area contributed by atoms with Crippen LogP contribution >= 0.6 is 0 Å². The van der Waals surface area contributed by atoms with Gasteiger partial charge in [-0.05, 0) is 56.9 Å². The van der Waals surface area contributed by atoms with Crippen LogP contribution in [0.3, 0.4) is 0 Å². The van der Waals surface area contributed by atoms with Gasteiger partial charge in [-0.3, -0.25) is 0 Å². The second-order valence-corrected chi connectivity index (χ2v) is 12.6. The molecule has 1 atom stereocenters. The third-order valence-corrected chi connectivity index (χ3v) is 7.58. The van der Waals surface area contributed by atoms with E-state index in [1.165, 1.54) is 12.1 Å². The molecule has 1 aromatic carbocycles. The van der Waals surface area contributed by atoms with Crippen LogP contribution in [0.5, 0.6) is 0 Å². The summed E-state index contributed by atoms with van der Waals surface area (Å²) in [6, 6.07) is 4.26. The van der Waals surface area contributed by atoms with Crippen LogP contribution in [0.1, 0.15) is 76.9 Å². The maximum absolute atomic E-state index is 14.4. The number of aromatic nitrogens is 2. The van der Waals surface area contributed by atoms with Gasteiger partial charge < -0.3 is 14.0 Å². The Morgan fingerprint density at radius 3 is 2.61 bits per heavy atom. The van der Waals surface area contributed by atoms with Gasteiger partial charge in [-0.25, -0.2) is 12.8 Å². The molecule has 4 rings (SSSR count). The van der Waals surface area contributed by atoms with Crippen LogP contribution in [0, 0.1) is 11.2 Å². The first-order chi connectivity index (χ1) is 15.4. The molecule has 0 bridgehead atoms. The van der Waals surface area contributed by atoms with Gasteiger partial charge in [0.2, 0.25) is 5.82 Å². The Balaban J connectivity index is 1.36. The van der Waals surface area contributed by atoms with Crippen LogP contribution in [-0.4, -0.2) is 43.1 Å². The van der Waals surface area contributed by atoms with E-state index in [0.717, 1.165) is 51.4 Å². The summed E-state index contributed by atoms with van der Waals surface area (Å²) in [7, 11) is -3.33. The minimum absolute atomic E-state index is 0.0180. The normalized spacial score (nSPS) is 26.4. The molecule has 2 heterocycles. The lowest BCUT2D eigenvalue weighted by atomic mass is 9.69. The van der Waals surface area contributed by atoms with E-state index in [1.54, 1.807) is 6.07 Å². The molecule has 1 aliphatic heterocycles. The Hall–Kier alpha value is -1.84. The van der Waals surface area contributed by atoms with Crippen molar-refractivity contribution in [2.75, 3.05) is 12.9 Å². The van der Waals surface area contributed by atoms with Crippen molar-refractivity contribution < 1.29 is 26.8 Å². The second-order valence-electron chi connectivity index (χ2n) is 10.4. The number of nitrogens with zero attached hydrogens (tertiary/aromatic N) is 2. The van der Waals surface area contributed by atoms with Crippen molar-refractivity contribution in [3.63, 3.8) is 0 Å². The van der Waals surface area contributed by atoms with Gasteiger partial charge >= 0.3 is 0 Å². The van der Waals surface area contributed by atoms with Gasteiger partial charge in [-0.1, -0.05) is 31.1 Å². The molecule has 33 heavy (non-hydrogen) atoms. The first-order valence-electron chi connectivity index (χ1n) is 11.5. The van der Waals surface area contributed by atoms with Crippen LogP contribution in [0.15, 0.2) is 22.7 Å². The minimum atomic E-state index is -3.33. The van der Waals surface area contributed by atoms with Crippen LogP contribution < -0.4 is 0 Å². The van der Waals surface area contributed by atoms with Crippen molar-refractivity contribution in [3.8, 4) is 11.4 Å². The van der Waals surface area contributed by atoms with Crippen molar-refractivity contribution in [1.82, 2.24) is 10.1 Å². The molecule has 182 valence electrons. The van der Waals surface area contributed by atoms with Gasteiger partial charge in [0.25, 0.3) is 5.89 Å². The first kappa shape index (κ1) is 24.3. The summed E-state index contributed by atoms with van der Waals surface area (Å²) in [5.41, 5.74) is 0.836. The maximum atomic E-state index is 14.4. The van der Waals surface area contributed by atoms with Gasteiger partial charge in [0, 0.05) is 24.0 Å². The average molecular weight is 481 g/mol. The SMILES string of the molecule is CC(OC1CCC2(CC1)CC(C)(C)CCO2)c1nc(-c2ccc(CS(C)(=O)=O)c(F)c2)no1. The van der Waals surface area contributed by atoms with Gasteiger partial charge in [-0.2, -0.15) is 4.98 Å². The third-order valence-electron chi connectivity index (χ3n) is 6.75. The van der Waals surface area contributed by atoms with Crippen molar-refractivity contribution in [2.24, 2.45) is 5.41 Å². The summed E-state index contributed by atoms with van der Waals surface area (Å²) in [6.07, 6.45) is 6.81. The van der Waals surface area contributed by atoms with Gasteiger partial charge in [-0.15, -0.1) is 0 Å². The predicted molar refractivity (Wildman–Crippen MR) is 122 cm³/mol. The highest BCUT2D eigenvalue weighted by atomic mass is 32.2. The molecule has 9 heteroatoms. The highest BCUT2D eigenvalue weighted by Crippen LogP contribution is 2.46. The second kappa shape index (κ2) is 9.07. The molecule has 0 amide bonds. The molecule has 1 spiro atoms. The monoisotopic (exact) mass is 480 g/mol. The fourth-order valence-corrected chi connectivity index (χ4v) is 5.88. The molecule has 1 saturated heterocycles. The number of halogens is 1. The summed E-state index contributed by atoms with van der Waals surface area (Å²) < 4.78 is 55.0. The number of benzene rings is 1. The summed E-state index contributed by atoms with van der Waals surface area (Å²) in [5.74, 6) is -0.392. The average Bonchev–Trinajstić information content (AvgIpc) is 3.20. The van der Waals surface area contributed by atoms with E-state index >= 15 is 0 Å². The fourth-order valence-electron chi connectivity index (χ4n) is 5.08. The van der Waals surface area contributed by atoms with Crippen molar-refractivity contribution in [1.29, 1.82) is 0 Å². The standard InChI is InChI=1S/C24H33FN2O5S/c1-16(31-19-7-9-24(10-8-19)15-23(2,3)11-12-30-24)22-26-21(27-32-22)17-5-6-18(20(25)13-17)14-33(4,28)29/h5-6,13,16,19H,7-12,14-15H2,1-4H3. The first-order valence-corrected chi connectivity index (χ1v) is 13.6. The molecule has 1 unspecified atom stereocenters. The molecule has 1 aliphatic carbocycles. The lowest BCUT2D eigenvalue weighted by Gasteiger charge is -2.48. The molecule has 0 radical (unpaired) electrons. The Kier molecular flexibility index (Phi) is 6.68. The number of rotatable bonds is 6. The van der Waals surface area contributed by atoms with E-state index in [-0.39, 0.29) is 34.9 Å². The smallest absolute Gasteiger partial charge is 0.255 e. The van der Waals surface area contributed by atoms with E-state index in [2.05, 4.69) is 24.0 Å². The quantitative estimate of drug-likeness (QED) is 0.573. The number of ether oxygens (including phenoxy) is 2. The van der Waals surface area contributed by atoms with E-state index in [4.69, 9.17) is 14.0 Å². The lowest BCUT2D eigenvalue weighted by Crippen LogP contribution is -2.46. The summed E-state index contributed by atoms with van der Waals surface area (Å²) >= 11 is 0. The largest absolute Gasteiger partial charge is 0.375 e. The number of hydrogen-bond acceptors (Lipinski definition) is 7. The summed E-state index contributed by atoms with van der Waals surface area (Å²) in [5, 5.41) is 3.96. The summed E-state index contributed by atoms with van der Waals surface area (Å²) in [4.78, 5) is 4.38. The number of hydrogen-bond donors (Lipinski definition) is 0. The van der Waals surface area contributed by atoms with E-state index in [0.29, 0.717) is 16.9 Å². The highest BCUT2D eigenvalue weighted by Gasteiger charge is 2.44. The Morgan fingerprint density at radius 1 is 1.24 bits per heavy atom. The number of sulfone groups is 1. The zero-order chi connectivity index (χ0) is 23.9. The minimum Gasteiger partial charge on any atom is -0.375 e. The van der Waals surface area contributed by atoms with Crippen LogP contribution in [0.2, 0.25) is 0 Å². The Bertz CT molecular complexity index is 1090. The van der Waals surface area contributed by atoms with E-state index in [1.807, 2.05) is 6.92 Å². The molecule has 7 nitrogen and oxygen atoms in total. The van der Waals surface area contributed by atoms with E-state index in [9.17, 15) is 12.8 Å². The molecule has 0 N–H and O–H groups in total. The third kappa shape index (κ3) is 6.00. The van der Waals surface area contributed by atoms with Gasteiger partial charge in [0.1, 0.15) is 11.9 Å². The molecule has 1 saturated carbocycles. The topological polar surface area (TPSA) is 91.5 Å². The van der Waals surface area contributed by atoms with Crippen LogP contribution in [0.25, 0.3) is 11.4 Å². The highest BCUT2D eigenvalue weighted by molar-refractivity contribution is 7.89. The molecule has 1 aromatic heterocycles. The van der Waals surface area contributed by atoms with Crippen molar-refractivity contribution in [3.05, 3.63) is 35.5 Å². The summed E-state index contributed by atoms with van der Waals surface area (Å²) in [6.45, 7) is 7.34. The van der Waals surface area contributed by atoms with Gasteiger partial charge in [0.15, 0.2) is 9.84 Å². The zero-order valence-electron chi connectivity index (χ0n) is 19.8. The molecule has 2 fully saturated rings. The predicted octanol–water partition coefficient (Wildman–Crippen LogP) is 5.02. The molecular weight excluding hydrogens is 447 g/mol. The fraction of sp³-hybridized carbons (Fsp3) is 0.667. The zero-order valence-corrected chi connectivity index (χ0v) is 20.6. The lowest BCUT2D eigenvalue weighted by molar-refractivity contribution is -0.157. The van der Waals surface area contributed by atoms with Crippen molar-refractivity contribution >= 4 is 9.84 Å². The Labute approximate surface area is 195 Å². The molecule has 2 aliphatic rings. The van der Waals surface area contributed by atoms with Crippen molar-refractivity contribution in [2.45, 2.75) is 82.9 Å². The van der Waals surface area contributed by atoms with E-state index < -0.39 is 15.7 Å². The molecule has 2 aromatic rings. The van der Waals surface area contributed by atoms with Crippen LogP contribution in [-0.2, 0) is 25.1 Å². The molecular formula is C24H33FN2O5S. The van der Waals surface area contributed by atoms with Gasteiger partial charge in [0.05, 0.1) is 17.5 Å².